The zero-order valence-electron chi connectivity index (χ0n) is 11.8. The van der Waals surface area contributed by atoms with Crippen LogP contribution in [0.2, 0.25) is 5.02 Å². The van der Waals surface area contributed by atoms with Gasteiger partial charge in [0.1, 0.15) is 5.82 Å². The molecule has 1 N–H and O–H groups in total. The molecule has 0 radical (unpaired) electrons. The molecule has 0 bridgehead atoms. The van der Waals surface area contributed by atoms with Gasteiger partial charge in [0.2, 0.25) is 0 Å². The van der Waals surface area contributed by atoms with E-state index in [1.165, 1.54) is 0 Å². The van der Waals surface area contributed by atoms with Crippen molar-refractivity contribution >= 4 is 17.3 Å². The lowest BCUT2D eigenvalue weighted by molar-refractivity contribution is 0.617. The molecule has 0 fully saturated rings. The summed E-state index contributed by atoms with van der Waals surface area (Å²) in [6.45, 7) is 4.01. The fourth-order valence-corrected chi connectivity index (χ4v) is 2.36. The van der Waals surface area contributed by atoms with Crippen molar-refractivity contribution < 1.29 is 4.39 Å². The Hall–Kier alpha value is -1.54. The summed E-state index contributed by atoms with van der Waals surface area (Å²) in [5, 5.41) is 4.01. The van der Waals surface area contributed by atoms with E-state index in [1.54, 1.807) is 12.1 Å². The van der Waals surface area contributed by atoms with Crippen LogP contribution in [0.3, 0.4) is 0 Å². The van der Waals surface area contributed by atoms with Crippen LogP contribution in [-0.2, 0) is 0 Å². The number of anilines is 1. The van der Waals surface area contributed by atoms with E-state index in [0.717, 1.165) is 24.0 Å². The minimum Gasteiger partial charge on any atom is -0.376 e. The molecule has 2 aromatic carbocycles. The van der Waals surface area contributed by atoms with E-state index >= 15 is 0 Å². The normalized spacial score (nSPS) is 12.2. The maximum absolute atomic E-state index is 13.9. The van der Waals surface area contributed by atoms with Crippen LogP contribution >= 0.6 is 11.6 Å². The Bertz CT molecular complexity index is 566. The van der Waals surface area contributed by atoms with Crippen molar-refractivity contribution in [3.05, 3.63) is 64.4 Å². The third-order valence-electron chi connectivity index (χ3n) is 3.30. The minimum absolute atomic E-state index is 0.0921. The van der Waals surface area contributed by atoms with Crippen LogP contribution in [0.15, 0.2) is 42.5 Å². The smallest absolute Gasteiger partial charge is 0.146 e. The van der Waals surface area contributed by atoms with E-state index in [0.29, 0.717) is 10.7 Å². The van der Waals surface area contributed by atoms with Crippen molar-refractivity contribution in [1.29, 1.82) is 0 Å². The standard InChI is InChI=1S/C17H19ClFN/c1-3-4-16(13-6-8-14(18)9-7-13)20-17-10-5-12(2)11-15(17)19/h5-11,16,20H,3-4H2,1-2H3. The second-order valence-electron chi connectivity index (χ2n) is 5.02. The Morgan fingerprint density at radius 1 is 1.15 bits per heavy atom. The highest BCUT2D eigenvalue weighted by molar-refractivity contribution is 6.30. The molecule has 0 heterocycles. The first kappa shape index (κ1) is 14.9. The van der Waals surface area contributed by atoms with Gasteiger partial charge in [-0.05, 0) is 48.7 Å². The Balaban J connectivity index is 2.22. The molecule has 0 aromatic heterocycles. The zero-order valence-corrected chi connectivity index (χ0v) is 12.5. The molecule has 0 amide bonds. The fraction of sp³-hybridized carbons (Fsp3) is 0.294. The van der Waals surface area contributed by atoms with Gasteiger partial charge in [-0.2, -0.15) is 0 Å². The molecule has 1 nitrogen and oxygen atoms in total. The number of aryl methyl sites for hydroxylation is 1. The molecule has 0 aliphatic rings. The Morgan fingerprint density at radius 3 is 2.45 bits per heavy atom. The third-order valence-corrected chi connectivity index (χ3v) is 3.56. The fourth-order valence-electron chi connectivity index (χ4n) is 2.23. The van der Waals surface area contributed by atoms with E-state index in [-0.39, 0.29) is 11.9 Å². The van der Waals surface area contributed by atoms with Crippen molar-refractivity contribution in [3.63, 3.8) is 0 Å². The van der Waals surface area contributed by atoms with Gasteiger partial charge < -0.3 is 5.32 Å². The number of hydrogen-bond donors (Lipinski definition) is 1. The lowest BCUT2D eigenvalue weighted by Gasteiger charge is -2.20. The van der Waals surface area contributed by atoms with E-state index in [1.807, 2.05) is 37.3 Å². The van der Waals surface area contributed by atoms with Gasteiger partial charge >= 0.3 is 0 Å². The van der Waals surface area contributed by atoms with E-state index in [4.69, 9.17) is 11.6 Å². The molecule has 1 atom stereocenters. The Morgan fingerprint density at radius 2 is 1.85 bits per heavy atom. The monoisotopic (exact) mass is 291 g/mol. The maximum Gasteiger partial charge on any atom is 0.146 e. The van der Waals surface area contributed by atoms with Crippen LogP contribution in [-0.4, -0.2) is 0 Å². The van der Waals surface area contributed by atoms with Gasteiger partial charge in [-0.25, -0.2) is 4.39 Å². The van der Waals surface area contributed by atoms with Gasteiger partial charge in [-0.3, -0.25) is 0 Å². The van der Waals surface area contributed by atoms with Gasteiger partial charge in [0.25, 0.3) is 0 Å². The minimum atomic E-state index is -0.208. The molecule has 2 rings (SSSR count). The second-order valence-corrected chi connectivity index (χ2v) is 5.46. The van der Waals surface area contributed by atoms with E-state index in [9.17, 15) is 4.39 Å². The SMILES string of the molecule is CCCC(Nc1ccc(C)cc1F)c1ccc(Cl)cc1. The van der Waals surface area contributed by atoms with Crippen LogP contribution in [0.1, 0.15) is 36.9 Å². The van der Waals surface area contributed by atoms with Crippen molar-refractivity contribution in [2.24, 2.45) is 0 Å². The Kier molecular flexibility index (Phi) is 5.02. The van der Waals surface area contributed by atoms with E-state index in [2.05, 4.69) is 12.2 Å². The van der Waals surface area contributed by atoms with Crippen molar-refractivity contribution in [3.8, 4) is 0 Å². The molecule has 3 heteroatoms. The average Bonchev–Trinajstić information content (AvgIpc) is 2.42. The highest BCUT2D eigenvalue weighted by Gasteiger charge is 2.12. The summed E-state index contributed by atoms with van der Waals surface area (Å²) in [6.07, 6.45) is 1.96. The maximum atomic E-state index is 13.9. The van der Waals surface area contributed by atoms with Gasteiger partial charge in [-0.15, -0.1) is 0 Å². The van der Waals surface area contributed by atoms with Gasteiger partial charge in [0, 0.05) is 5.02 Å². The first-order chi connectivity index (χ1) is 9.60. The van der Waals surface area contributed by atoms with Crippen LogP contribution in [0.5, 0.6) is 0 Å². The van der Waals surface area contributed by atoms with Crippen LogP contribution < -0.4 is 5.32 Å². The van der Waals surface area contributed by atoms with E-state index < -0.39 is 0 Å². The average molecular weight is 292 g/mol. The first-order valence-electron chi connectivity index (χ1n) is 6.88. The molecule has 0 saturated heterocycles. The predicted octanol–water partition coefficient (Wildman–Crippen LogP) is 5.74. The number of benzene rings is 2. The summed E-state index contributed by atoms with van der Waals surface area (Å²) in [5.41, 5.74) is 2.59. The molecule has 0 aliphatic carbocycles. The van der Waals surface area contributed by atoms with Gasteiger partial charge in [-0.1, -0.05) is 43.1 Å². The number of hydrogen-bond acceptors (Lipinski definition) is 1. The highest BCUT2D eigenvalue weighted by Crippen LogP contribution is 2.27. The van der Waals surface area contributed by atoms with Gasteiger partial charge in [0.15, 0.2) is 0 Å². The molecule has 20 heavy (non-hydrogen) atoms. The van der Waals surface area contributed by atoms with Crippen LogP contribution in [0.25, 0.3) is 0 Å². The van der Waals surface area contributed by atoms with Crippen molar-refractivity contribution in [2.75, 3.05) is 5.32 Å². The number of halogens is 2. The summed E-state index contributed by atoms with van der Waals surface area (Å²) in [6, 6.07) is 13.1. The molecule has 0 saturated carbocycles. The largest absolute Gasteiger partial charge is 0.376 e. The van der Waals surface area contributed by atoms with Crippen molar-refractivity contribution in [2.45, 2.75) is 32.7 Å². The molecule has 2 aromatic rings. The lowest BCUT2D eigenvalue weighted by atomic mass is 10.0. The number of rotatable bonds is 5. The molecular formula is C17H19ClFN. The van der Waals surface area contributed by atoms with Crippen LogP contribution in [0, 0.1) is 12.7 Å². The molecule has 0 aliphatic heterocycles. The summed E-state index contributed by atoms with van der Waals surface area (Å²) in [4.78, 5) is 0. The molecule has 106 valence electrons. The first-order valence-corrected chi connectivity index (χ1v) is 7.26. The quantitative estimate of drug-likeness (QED) is 0.740. The van der Waals surface area contributed by atoms with Crippen molar-refractivity contribution in [1.82, 2.24) is 0 Å². The molecule has 0 spiro atoms. The number of nitrogens with one attached hydrogen (secondary N) is 1. The lowest BCUT2D eigenvalue weighted by Crippen LogP contribution is -2.11. The third kappa shape index (κ3) is 3.73. The predicted molar refractivity (Wildman–Crippen MR) is 83.9 cm³/mol. The Labute approximate surface area is 124 Å². The molecule has 1 unspecified atom stereocenters. The summed E-state index contributed by atoms with van der Waals surface area (Å²) < 4.78 is 13.9. The summed E-state index contributed by atoms with van der Waals surface area (Å²) in [5.74, 6) is -0.208. The van der Waals surface area contributed by atoms with Gasteiger partial charge in [0.05, 0.1) is 11.7 Å². The van der Waals surface area contributed by atoms with Crippen LogP contribution in [0.4, 0.5) is 10.1 Å². The highest BCUT2D eigenvalue weighted by atomic mass is 35.5. The summed E-state index contributed by atoms with van der Waals surface area (Å²) >= 11 is 5.92. The molecular weight excluding hydrogens is 273 g/mol. The topological polar surface area (TPSA) is 12.0 Å². The second kappa shape index (κ2) is 6.76. The zero-order chi connectivity index (χ0) is 14.5. The summed E-state index contributed by atoms with van der Waals surface area (Å²) in [7, 11) is 0.